The van der Waals surface area contributed by atoms with E-state index in [0.29, 0.717) is 25.4 Å². The summed E-state index contributed by atoms with van der Waals surface area (Å²) in [5.41, 5.74) is 5.21. The van der Waals surface area contributed by atoms with E-state index in [-0.39, 0.29) is 11.6 Å². The molecule has 0 radical (unpaired) electrons. The highest BCUT2D eigenvalue weighted by atomic mass is 32.2. The van der Waals surface area contributed by atoms with Crippen LogP contribution in [0.4, 0.5) is 0 Å². The fourth-order valence-electron chi connectivity index (χ4n) is 1.43. The number of nitrogens with zero attached hydrogens (tertiary/aromatic N) is 1. The zero-order valence-electron chi connectivity index (χ0n) is 9.07. The lowest BCUT2D eigenvalue weighted by Gasteiger charge is -2.19. The highest BCUT2D eigenvalue weighted by Gasteiger charge is 2.31. The van der Waals surface area contributed by atoms with Gasteiger partial charge in [-0.25, -0.2) is 12.7 Å². The van der Waals surface area contributed by atoms with Crippen molar-refractivity contribution in [2.24, 2.45) is 11.7 Å². The Labute approximate surface area is 91.2 Å². The summed E-state index contributed by atoms with van der Waals surface area (Å²) in [7, 11) is -3.12. The van der Waals surface area contributed by atoms with Crippen molar-refractivity contribution in [1.29, 1.82) is 5.41 Å². The Morgan fingerprint density at radius 1 is 1.53 bits per heavy atom. The van der Waals surface area contributed by atoms with Gasteiger partial charge in [-0.05, 0) is 18.8 Å². The molecule has 0 aromatic carbocycles. The Balaban J connectivity index is 2.50. The van der Waals surface area contributed by atoms with E-state index in [4.69, 9.17) is 11.1 Å². The molecule has 1 aliphatic carbocycles. The van der Waals surface area contributed by atoms with Crippen LogP contribution in [0.2, 0.25) is 0 Å². The van der Waals surface area contributed by atoms with Crippen molar-refractivity contribution >= 4 is 15.9 Å². The van der Waals surface area contributed by atoms with Gasteiger partial charge in [-0.15, -0.1) is 0 Å². The van der Waals surface area contributed by atoms with Crippen LogP contribution < -0.4 is 5.73 Å². The lowest BCUT2D eigenvalue weighted by atomic mass is 10.4. The number of nitrogens with one attached hydrogen (secondary N) is 1. The van der Waals surface area contributed by atoms with Gasteiger partial charge < -0.3 is 5.73 Å². The molecule has 0 saturated heterocycles. The van der Waals surface area contributed by atoms with Gasteiger partial charge in [0.15, 0.2) is 0 Å². The highest BCUT2D eigenvalue weighted by molar-refractivity contribution is 7.89. The van der Waals surface area contributed by atoms with Crippen molar-refractivity contribution in [3.8, 4) is 0 Å². The molecule has 5 nitrogen and oxygen atoms in total. The van der Waals surface area contributed by atoms with Crippen molar-refractivity contribution in [2.75, 3.05) is 18.8 Å². The van der Waals surface area contributed by atoms with Crippen LogP contribution in [0.1, 0.15) is 26.2 Å². The minimum atomic E-state index is -3.12. The third kappa shape index (κ3) is 4.17. The van der Waals surface area contributed by atoms with Crippen molar-refractivity contribution < 1.29 is 8.42 Å². The molecule has 1 saturated carbocycles. The van der Waals surface area contributed by atoms with Crippen LogP contribution in [-0.4, -0.2) is 37.4 Å². The molecule has 0 aromatic heterocycles. The zero-order chi connectivity index (χ0) is 11.5. The van der Waals surface area contributed by atoms with E-state index < -0.39 is 10.0 Å². The normalized spacial score (nSPS) is 16.9. The van der Waals surface area contributed by atoms with Gasteiger partial charge >= 0.3 is 0 Å². The van der Waals surface area contributed by atoms with E-state index >= 15 is 0 Å². The summed E-state index contributed by atoms with van der Waals surface area (Å²) >= 11 is 0. The predicted molar refractivity (Wildman–Crippen MR) is 60.3 cm³/mol. The van der Waals surface area contributed by atoms with Gasteiger partial charge in [0.05, 0.1) is 11.6 Å². The Morgan fingerprint density at radius 2 is 2.13 bits per heavy atom. The number of hydrogen-bond acceptors (Lipinski definition) is 3. The van der Waals surface area contributed by atoms with Crippen molar-refractivity contribution in [1.82, 2.24) is 4.31 Å². The molecule has 15 heavy (non-hydrogen) atoms. The van der Waals surface area contributed by atoms with E-state index in [1.54, 1.807) is 0 Å². The Hall–Kier alpha value is -0.620. The standard InChI is InChI=1S/C9H19N3O2S/c1-2-12(6-5-9(10)11)15(13,14)7-8-3-4-8/h8H,2-7H2,1H3,(H3,10,11). The summed E-state index contributed by atoms with van der Waals surface area (Å²) in [4.78, 5) is 0. The van der Waals surface area contributed by atoms with E-state index in [1.165, 1.54) is 4.31 Å². The molecule has 0 heterocycles. The van der Waals surface area contributed by atoms with Gasteiger partial charge in [-0.3, -0.25) is 5.41 Å². The molecule has 3 N–H and O–H groups in total. The third-order valence-corrected chi connectivity index (χ3v) is 4.64. The van der Waals surface area contributed by atoms with E-state index in [0.717, 1.165) is 12.8 Å². The molecular formula is C9H19N3O2S. The molecule has 0 aliphatic heterocycles. The van der Waals surface area contributed by atoms with Crippen LogP contribution >= 0.6 is 0 Å². The number of amidine groups is 1. The topological polar surface area (TPSA) is 87.2 Å². The number of sulfonamides is 1. The summed E-state index contributed by atoms with van der Waals surface area (Å²) in [5, 5.41) is 7.08. The van der Waals surface area contributed by atoms with E-state index in [2.05, 4.69) is 0 Å². The molecule has 0 atom stereocenters. The SMILES string of the molecule is CCN(CCC(=N)N)S(=O)(=O)CC1CC1. The van der Waals surface area contributed by atoms with Crippen LogP contribution in [0.25, 0.3) is 0 Å². The minimum absolute atomic E-state index is 0.0371. The highest BCUT2D eigenvalue weighted by Crippen LogP contribution is 2.31. The quantitative estimate of drug-likeness (QED) is 0.492. The van der Waals surface area contributed by atoms with Gasteiger partial charge in [-0.2, -0.15) is 0 Å². The summed E-state index contributed by atoms with van der Waals surface area (Å²) in [6.45, 7) is 2.60. The van der Waals surface area contributed by atoms with Crippen LogP contribution in [0.15, 0.2) is 0 Å². The maximum Gasteiger partial charge on any atom is 0.214 e. The Kier molecular flexibility index (Phi) is 4.10. The van der Waals surface area contributed by atoms with E-state index in [1.807, 2.05) is 6.92 Å². The first-order valence-corrected chi connectivity index (χ1v) is 6.87. The second kappa shape index (κ2) is 4.94. The van der Waals surface area contributed by atoms with Crippen LogP contribution in [0.5, 0.6) is 0 Å². The van der Waals surface area contributed by atoms with Gasteiger partial charge in [0, 0.05) is 19.5 Å². The molecule has 6 heteroatoms. The average molecular weight is 233 g/mol. The first-order chi connectivity index (χ1) is 6.95. The smallest absolute Gasteiger partial charge is 0.214 e. The number of rotatable bonds is 7. The Bertz CT molecular complexity index is 322. The molecule has 0 unspecified atom stereocenters. The van der Waals surface area contributed by atoms with Gasteiger partial charge in [-0.1, -0.05) is 6.92 Å². The van der Waals surface area contributed by atoms with Crippen LogP contribution in [0, 0.1) is 11.3 Å². The number of hydrogen-bond donors (Lipinski definition) is 2. The fraction of sp³-hybridized carbons (Fsp3) is 0.889. The van der Waals surface area contributed by atoms with Gasteiger partial charge in [0.25, 0.3) is 0 Å². The molecule has 0 amide bonds. The number of nitrogens with two attached hydrogens (primary N) is 1. The van der Waals surface area contributed by atoms with Crippen LogP contribution in [0.3, 0.4) is 0 Å². The maximum atomic E-state index is 11.8. The lowest BCUT2D eigenvalue weighted by Crippen LogP contribution is -2.35. The molecule has 88 valence electrons. The monoisotopic (exact) mass is 233 g/mol. The summed E-state index contributed by atoms with van der Waals surface area (Å²) in [6.07, 6.45) is 2.38. The third-order valence-electron chi connectivity index (χ3n) is 2.52. The summed E-state index contributed by atoms with van der Waals surface area (Å²) in [6, 6.07) is 0. The molecule has 0 spiro atoms. The van der Waals surface area contributed by atoms with Gasteiger partial charge in [0.2, 0.25) is 10.0 Å². The average Bonchev–Trinajstić information content (AvgIpc) is 2.87. The van der Waals surface area contributed by atoms with Crippen LogP contribution in [-0.2, 0) is 10.0 Å². The Morgan fingerprint density at radius 3 is 2.53 bits per heavy atom. The fourth-order valence-corrected chi connectivity index (χ4v) is 3.33. The molecular weight excluding hydrogens is 214 g/mol. The molecule has 1 fully saturated rings. The lowest BCUT2D eigenvalue weighted by molar-refractivity contribution is 0.434. The second-order valence-electron chi connectivity index (χ2n) is 3.99. The first kappa shape index (κ1) is 12.4. The van der Waals surface area contributed by atoms with Crippen molar-refractivity contribution in [2.45, 2.75) is 26.2 Å². The maximum absolute atomic E-state index is 11.8. The first-order valence-electron chi connectivity index (χ1n) is 5.26. The molecule has 0 bridgehead atoms. The predicted octanol–water partition coefficient (Wildman–Crippen LogP) is 0.374. The zero-order valence-corrected chi connectivity index (χ0v) is 9.89. The summed E-state index contributed by atoms with van der Waals surface area (Å²) < 4.78 is 25.1. The largest absolute Gasteiger partial charge is 0.388 e. The molecule has 1 rings (SSSR count). The summed E-state index contributed by atoms with van der Waals surface area (Å²) in [5.74, 6) is 0.662. The van der Waals surface area contributed by atoms with E-state index in [9.17, 15) is 8.42 Å². The molecule has 0 aromatic rings. The van der Waals surface area contributed by atoms with Crippen molar-refractivity contribution in [3.05, 3.63) is 0 Å². The van der Waals surface area contributed by atoms with Crippen molar-refractivity contribution in [3.63, 3.8) is 0 Å². The second-order valence-corrected chi connectivity index (χ2v) is 6.00. The minimum Gasteiger partial charge on any atom is -0.388 e. The van der Waals surface area contributed by atoms with Gasteiger partial charge in [0.1, 0.15) is 0 Å². The molecule has 1 aliphatic rings.